The Hall–Kier alpha value is -1.51. The largest absolute Gasteiger partial charge is 0.355 e. The predicted molar refractivity (Wildman–Crippen MR) is 108 cm³/mol. The highest BCUT2D eigenvalue weighted by Gasteiger charge is 2.33. The molecule has 1 aromatic carbocycles. The van der Waals surface area contributed by atoms with Gasteiger partial charge in [0.05, 0.1) is 0 Å². The molecule has 0 aromatic heterocycles. The average molecular weight is 414 g/mol. The molecule has 28 heavy (non-hydrogen) atoms. The molecule has 0 unspecified atom stereocenters. The van der Waals surface area contributed by atoms with Crippen molar-refractivity contribution in [2.75, 3.05) is 26.2 Å². The summed E-state index contributed by atoms with van der Waals surface area (Å²) in [6, 6.07) is 6.20. The summed E-state index contributed by atoms with van der Waals surface area (Å²) >= 11 is 0. The summed E-state index contributed by atoms with van der Waals surface area (Å²) in [5.74, 6) is -0.990. The molecule has 8 heteroatoms. The Morgan fingerprint density at radius 2 is 1.75 bits per heavy atom. The molecular formula is C20H32FN3O3S. The van der Waals surface area contributed by atoms with E-state index >= 15 is 0 Å². The topological polar surface area (TPSA) is 69.7 Å². The molecular weight excluding hydrogens is 381 g/mol. The number of hydrogen-bond donors (Lipinski definition) is 1. The van der Waals surface area contributed by atoms with Gasteiger partial charge in [-0.25, -0.2) is 12.8 Å². The van der Waals surface area contributed by atoms with E-state index in [1.165, 1.54) is 22.5 Å². The minimum absolute atomic E-state index is 0.0320. The zero-order valence-corrected chi connectivity index (χ0v) is 18.0. The van der Waals surface area contributed by atoms with Crippen LogP contribution in [0.5, 0.6) is 0 Å². The molecule has 0 bridgehead atoms. The quantitative estimate of drug-likeness (QED) is 0.711. The van der Waals surface area contributed by atoms with Crippen LogP contribution in [0, 0.1) is 11.7 Å². The smallest absolute Gasteiger partial charge is 0.245 e. The molecule has 1 heterocycles. The van der Waals surface area contributed by atoms with Crippen LogP contribution < -0.4 is 5.32 Å². The average Bonchev–Trinajstić information content (AvgIpc) is 2.64. The monoisotopic (exact) mass is 413 g/mol. The molecule has 2 rings (SSSR count). The van der Waals surface area contributed by atoms with Crippen LogP contribution >= 0.6 is 0 Å². The van der Waals surface area contributed by atoms with Gasteiger partial charge in [0.1, 0.15) is 10.7 Å². The first-order chi connectivity index (χ1) is 13.1. The summed E-state index contributed by atoms with van der Waals surface area (Å²) in [5.41, 5.74) is 0. The van der Waals surface area contributed by atoms with Crippen molar-refractivity contribution in [3.8, 4) is 0 Å². The number of rotatable bonds is 8. The molecule has 1 aliphatic rings. The van der Waals surface area contributed by atoms with Gasteiger partial charge in [0, 0.05) is 44.2 Å². The Kier molecular flexibility index (Phi) is 7.97. The summed E-state index contributed by atoms with van der Waals surface area (Å²) in [6.07, 6.45) is 0.884. The van der Waals surface area contributed by atoms with Crippen molar-refractivity contribution >= 4 is 15.9 Å². The van der Waals surface area contributed by atoms with Crippen LogP contribution in [0.3, 0.4) is 0 Å². The van der Waals surface area contributed by atoms with Crippen molar-refractivity contribution < 1.29 is 17.6 Å². The van der Waals surface area contributed by atoms with Gasteiger partial charge >= 0.3 is 0 Å². The molecule has 0 atom stereocenters. The second-order valence-electron chi connectivity index (χ2n) is 7.83. The van der Waals surface area contributed by atoms with Crippen LogP contribution in [-0.2, 0) is 14.8 Å². The number of nitrogens with one attached hydrogen (secondary N) is 1. The van der Waals surface area contributed by atoms with Crippen molar-refractivity contribution in [3.05, 3.63) is 30.1 Å². The maximum atomic E-state index is 13.9. The Bertz CT molecular complexity index is 752. The van der Waals surface area contributed by atoms with E-state index in [9.17, 15) is 17.6 Å². The van der Waals surface area contributed by atoms with E-state index in [0.29, 0.717) is 31.5 Å². The number of halogens is 1. The first-order valence-corrected chi connectivity index (χ1v) is 11.4. The van der Waals surface area contributed by atoms with Gasteiger partial charge in [-0.1, -0.05) is 12.1 Å². The number of benzene rings is 1. The number of piperidine rings is 1. The molecule has 1 aliphatic heterocycles. The number of carbonyl (C=O) groups is 1. The molecule has 1 N–H and O–H groups in total. The van der Waals surface area contributed by atoms with Gasteiger partial charge in [-0.05, 0) is 52.7 Å². The van der Waals surface area contributed by atoms with Crippen molar-refractivity contribution in [1.82, 2.24) is 14.5 Å². The van der Waals surface area contributed by atoms with Crippen LogP contribution in [-0.4, -0.2) is 61.8 Å². The van der Waals surface area contributed by atoms with Crippen molar-refractivity contribution in [2.24, 2.45) is 5.92 Å². The highest BCUT2D eigenvalue weighted by atomic mass is 32.2. The van der Waals surface area contributed by atoms with Gasteiger partial charge < -0.3 is 5.32 Å². The molecule has 0 saturated carbocycles. The summed E-state index contributed by atoms with van der Waals surface area (Å²) < 4.78 is 40.4. The lowest BCUT2D eigenvalue weighted by Gasteiger charge is -2.32. The van der Waals surface area contributed by atoms with E-state index in [4.69, 9.17) is 0 Å². The molecule has 1 saturated heterocycles. The second-order valence-corrected chi connectivity index (χ2v) is 9.73. The maximum absolute atomic E-state index is 13.9. The minimum atomic E-state index is -3.87. The highest BCUT2D eigenvalue weighted by molar-refractivity contribution is 7.89. The Labute approximate surface area is 168 Å². The molecule has 6 nitrogen and oxygen atoms in total. The number of nitrogens with zero attached hydrogens (tertiary/aromatic N) is 2. The molecule has 0 radical (unpaired) electrons. The van der Waals surface area contributed by atoms with E-state index in [2.05, 4.69) is 37.9 Å². The van der Waals surface area contributed by atoms with Gasteiger partial charge in [-0.2, -0.15) is 4.31 Å². The van der Waals surface area contributed by atoms with Crippen LogP contribution in [0.15, 0.2) is 29.2 Å². The summed E-state index contributed by atoms with van der Waals surface area (Å²) in [5, 5.41) is 2.98. The molecule has 0 aliphatic carbocycles. The maximum Gasteiger partial charge on any atom is 0.245 e. The lowest BCUT2D eigenvalue weighted by atomic mass is 9.97. The third-order valence-electron chi connectivity index (χ3n) is 5.28. The van der Waals surface area contributed by atoms with Gasteiger partial charge in [0.15, 0.2) is 0 Å². The lowest BCUT2D eigenvalue weighted by Crippen LogP contribution is -2.46. The van der Waals surface area contributed by atoms with Crippen molar-refractivity contribution in [2.45, 2.75) is 57.5 Å². The Morgan fingerprint density at radius 1 is 1.18 bits per heavy atom. The van der Waals surface area contributed by atoms with Crippen LogP contribution in [0.4, 0.5) is 4.39 Å². The van der Waals surface area contributed by atoms with E-state index in [1.54, 1.807) is 0 Å². The van der Waals surface area contributed by atoms with Crippen LogP contribution in [0.25, 0.3) is 0 Å². The third-order valence-corrected chi connectivity index (χ3v) is 7.21. The third kappa shape index (κ3) is 5.52. The van der Waals surface area contributed by atoms with Gasteiger partial charge in [-0.15, -0.1) is 0 Å². The van der Waals surface area contributed by atoms with E-state index in [0.717, 1.165) is 12.6 Å². The summed E-state index contributed by atoms with van der Waals surface area (Å²) in [6.45, 7) is 10.3. The molecule has 0 spiro atoms. The lowest BCUT2D eigenvalue weighted by molar-refractivity contribution is -0.126. The molecule has 158 valence electrons. The standard InChI is InChI=1S/C20H32FN3O3S/c1-15(2)24(16(3)4)14-11-22-20(25)17-9-12-23(13-10-17)28(26,27)19-8-6-5-7-18(19)21/h5-8,15-17H,9-14H2,1-4H3,(H,22,25). The first-order valence-electron chi connectivity index (χ1n) is 9.92. The van der Waals surface area contributed by atoms with Gasteiger partial charge in [0.25, 0.3) is 0 Å². The molecule has 1 amide bonds. The Morgan fingerprint density at radius 3 is 2.29 bits per heavy atom. The van der Waals surface area contributed by atoms with Crippen LogP contribution in [0.1, 0.15) is 40.5 Å². The summed E-state index contributed by atoms with van der Waals surface area (Å²) in [4.78, 5) is 14.4. The van der Waals surface area contributed by atoms with Crippen molar-refractivity contribution in [1.29, 1.82) is 0 Å². The SMILES string of the molecule is CC(C)N(CCNC(=O)C1CCN(S(=O)(=O)c2ccccc2F)CC1)C(C)C. The Balaban J connectivity index is 1.86. The van der Waals surface area contributed by atoms with Crippen molar-refractivity contribution in [3.63, 3.8) is 0 Å². The van der Waals surface area contributed by atoms with E-state index in [1.807, 2.05) is 0 Å². The van der Waals surface area contributed by atoms with Gasteiger partial charge in [-0.3, -0.25) is 9.69 Å². The predicted octanol–water partition coefficient (Wildman–Crippen LogP) is 2.46. The fraction of sp³-hybridized carbons (Fsp3) is 0.650. The van der Waals surface area contributed by atoms with E-state index < -0.39 is 15.8 Å². The number of sulfonamides is 1. The number of carbonyl (C=O) groups excluding carboxylic acids is 1. The van der Waals surface area contributed by atoms with Gasteiger partial charge in [0.2, 0.25) is 15.9 Å². The normalized spacial score (nSPS) is 16.9. The minimum Gasteiger partial charge on any atom is -0.355 e. The number of hydrogen-bond acceptors (Lipinski definition) is 4. The summed E-state index contributed by atoms with van der Waals surface area (Å²) in [7, 11) is -3.87. The molecule has 1 aromatic rings. The fourth-order valence-corrected chi connectivity index (χ4v) is 5.25. The first kappa shape index (κ1) is 22.8. The second kappa shape index (κ2) is 9.80. The van der Waals surface area contributed by atoms with E-state index in [-0.39, 0.29) is 29.8 Å². The van der Waals surface area contributed by atoms with Crippen LogP contribution in [0.2, 0.25) is 0 Å². The zero-order chi connectivity index (χ0) is 20.9. The number of amides is 1. The fourth-order valence-electron chi connectivity index (χ4n) is 3.72. The zero-order valence-electron chi connectivity index (χ0n) is 17.2. The molecule has 1 fully saturated rings. The highest BCUT2D eigenvalue weighted by Crippen LogP contribution is 2.25.